The molecule has 3 aliphatic carbocycles. The van der Waals surface area contributed by atoms with Gasteiger partial charge in [0, 0.05) is 6.26 Å². The lowest BCUT2D eigenvalue weighted by molar-refractivity contribution is 0.158. The molecule has 0 radical (unpaired) electrons. The number of aliphatic hydroxyl groups excluding tert-OH is 1. The zero-order valence-corrected chi connectivity index (χ0v) is 20.0. The Bertz CT molecular complexity index is 922. The lowest BCUT2D eigenvalue weighted by Crippen LogP contribution is -2.32. The molecule has 166 valence electrons. The minimum absolute atomic E-state index is 0.0552. The number of sulfone groups is 1. The second-order valence-corrected chi connectivity index (χ2v) is 12.2. The Balaban J connectivity index is 1.77. The summed E-state index contributed by atoms with van der Waals surface area (Å²) in [5.74, 6) is 0.762. The van der Waals surface area contributed by atoms with Gasteiger partial charge in [-0.05, 0) is 74.2 Å². The molecule has 3 aliphatic rings. The van der Waals surface area contributed by atoms with Crippen molar-refractivity contribution >= 4 is 21.4 Å². The van der Waals surface area contributed by atoms with Crippen molar-refractivity contribution in [2.45, 2.75) is 71.3 Å². The summed E-state index contributed by atoms with van der Waals surface area (Å²) in [6, 6.07) is 0. The molecule has 0 aromatic heterocycles. The second kappa shape index (κ2) is 9.18. The summed E-state index contributed by atoms with van der Waals surface area (Å²) in [7, 11) is -3.33. The standard InChI is InChI=1S/C25H35ClO3S/c1-17-7-11-21(27)16-20(17)10-9-19-6-5-15-25(3)22(12-13-23(19)25)18(2)8-14-24(26)30(4,28)29/h9-10,12,14,18,21,23,27H,1,5-8,11,13,15-16H2,2-4H3/b19-9+,20-10-,24-14+/t18-,21+,23+,25-/m1/s1. The van der Waals surface area contributed by atoms with Crippen LogP contribution in [0.25, 0.3) is 0 Å². The average molecular weight is 451 g/mol. The molecule has 0 amide bonds. The Kier molecular flexibility index (Phi) is 7.21. The van der Waals surface area contributed by atoms with Gasteiger partial charge in [0.15, 0.2) is 9.84 Å². The summed E-state index contributed by atoms with van der Waals surface area (Å²) < 4.78 is 23.1. The first-order chi connectivity index (χ1) is 14.0. The molecule has 0 heterocycles. The molecule has 0 spiro atoms. The van der Waals surface area contributed by atoms with E-state index in [0.717, 1.165) is 50.4 Å². The number of halogens is 1. The van der Waals surface area contributed by atoms with E-state index in [-0.39, 0.29) is 21.8 Å². The highest BCUT2D eigenvalue weighted by molar-refractivity contribution is 7.96. The highest BCUT2D eigenvalue weighted by Gasteiger charge is 2.45. The van der Waals surface area contributed by atoms with E-state index >= 15 is 0 Å². The largest absolute Gasteiger partial charge is 0.393 e. The summed E-state index contributed by atoms with van der Waals surface area (Å²) in [5, 5.41) is 10.00. The van der Waals surface area contributed by atoms with Gasteiger partial charge in [-0.2, -0.15) is 0 Å². The van der Waals surface area contributed by atoms with Gasteiger partial charge in [0.05, 0.1) is 6.10 Å². The molecule has 3 nitrogen and oxygen atoms in total. The predicted molar refractivity (Wildman–Crippen MR) is 126 cm³/mol. The molecule has 4 atom stereocenters. The quantitative estimate of drug-likeness (QED) is 0.505. The van der Waals surface area contributed by atoms with Crippen molar-refractivity contribution < 1.29 is 13.5 Å². The van der Waals surface area contributed by atoms with E-state index in [0.29, 0.717) is 18.8 Å². The first-order valence-electron chi connectivity index (χ1n) is 11.0. The van der Waals surface area contributed by atoms with E-state index < -0.39 is 9.84 Å². The van der Waals surface area contributed by atoms with E-state index in [1.54, 1.807) is 6.08 Å². The van der Waals surface area contributed by atoms with E-state index in [4.69, 9.17) is 11.6 Å². The van der Waals surface area contributed by atoms with Gasteiger partial charge in [-0.15, -0.1) is 0 Å². The van der Waals surface area contributed by atoms with Gasteiger partial charge >= 0.3 is 0 Å². The number of aliphatic hydroxyl groups is 1. The maximum absolute atomic E-state index is 11.6. The minimum Gasteiger partial charge on any atom is -0.393 e. The third-order valence-corrected chi connectivity index (χ3v) is 9.19. The molecule has 3 rings (SSSR count). The molecular formula is C25H35ClO3S. The van der Waals surface area contributed by atoms with Crippen LogP contribution in [0.5, 0.6) is 0 Å². The lowest BCUT2D eigenvalue weighted by atomic mass is 9.62. The number of hydrogen-bond acceptors (Lipinski definition) is 3. The Morgan fingerprint density at radius 3 is 2.83 bits per heavy atom. The molecular weight excluding hydrogens is 416 g/mol. The minimum atomic E-state index is -3.33. The summed E-state index contributed by atoms with van der Waals surface area (Å²) in [6.07, 6.45) is 17.0. The normalized spacial score (nSPS) is 34.2. The van der Waals surface area contributed by atoms with Gasteiger partial charge in [-0.1, -0.05) is 73.1 Å². The lowest BCUT2D eigenvalue weighted by Gasteiger charge is -2.42. The third-order valence-electron chi connectivity index (χ3n) is 7.32. The summed E-state index contributed by atoms with van der Waals surface area (Å²) in [6.45, 7) is 8.73. The predicted octanol–water partition coefficient (Wildman–Crippen LogP) is 6.23. The van der Waals surface area contributed by atoms with Crippen molar-refractivity contribution in [1.29, 1.82) is 0 Å². The zero-order chi connectivity index (χ0) is 22.1. The summed E-state index contributed by atoms with van der Waals surface area (Å²) >= 11 is 5.95. The van der Waals surface area contributed by atoms with E-state index in [2.05, 4.69) is 38.7 Å². The van der Waals surface area contributed by atoms with Gasteiger partial charge in [0.25, 0.3) is 0 Å². The molecule has 2 saturated carbocycles. The Morgan fingerprint density at radius 2 is 2.13 bits per heavy atom. The van der Waals surface area contributed by atoms with Crippen LogP contribution in [0, 0.1) is 17.3 Å². The van der Waals surface area contributed by atoms with Crippen molar-refractivity contribution in [3.63, 3.8) is 0 Å². The Hall–Kier alpha value is -1.10. The molecule has 0 bridgehead atoms. The maximum atomic E-state index is 11.6. The number of rotatable bonds is 5. The van der Waals surface area contributed by atoms with Crippen LogP contribution in [-0.2, 0) is 9.84 Å². The first-order valence-corrected chi connectivity index (χ1v) is 13.3. The topological polar surface area (TPSA) is 54.4 Å². The van der Waals surface area contributed by atoms with Gasteiger partial charge in [-0.25, -0.2) is 8.42 Å². The van der Waals surface area contributed by atoms with Crippen LogP contribution >= 0.6 is 11.6 Å². The fourth-order valence-corrected chi connectivity index (χ4v) is 6.05. The van der Waals surface area contributed by atoms with Crippen molar-refractivity contribution in [2.24, 2.45) is 17.3 Å². The highest BCUT2D eigenvalue weighted by Crippen LogP contribution is 2.57. The fraction of sp³-hybridized carbons (Fsp3) is 0.600. The molecule has 30 heavy (non-hydrogen) atoms. The van der Waals surface area contributed by atoms with Gasteiger partial charge in [0.2, 0.25) is 0 Å². The monoisotopic (exact) mass is 450 g/mol. The van der Waals surface area contributed by atoms with Gasteiger partial charge in [-0.3, -0.25) is 0 Å². The first kappa shape index (κ1) is 23.6. The smallest absolute Gasteiger partial charge is 0.185 e. The van der Waals surface area contributed by atoms with Crippen LogP contribution in [0.4, 0.5) is 0 Å². The molecule has 2 fully saturated rings. The van der Waals surface area contributed by atoms with E-state index in [1.165, 1.54) is 16.7 Å². The van der Waals surface area contributed by atoms with Gasteiger partial charge < -0.3 is 5.11 Å². The molecule has 5 heteroatoms. The summed E-state index contributed by atoms with van der Waals surface area (Å²) in [5.41, 5.74) is 5.40. The Labute approximate surface area is 187 Å². The molecule has 1 N–H and O–H groups in total. The number of allylic oxidation sites excluding steroid dienone is 7. The van der Waals surface area contributed by atoms with Crippen molar-refractivity contribution in [1.82, 2.24) is 0 Å². The molecule has 0 aliphatic heterocycles. The Morgan fingerprint density at radius 1 is 1.40 bits per heavy atom. The number of fused-ring (bicyclic) bond motifs is 1. The van der Waals surface area contributed by atoms with Crippen LogP contribution in [0.15, 0.2) is 57.5 Å². The van der Waals surface area contributed by atoms with Crippen molar-refractivity contribution in [3.05, 3.63) is 57.5 Å². The third kappa shape index (κ3) is 5.03. The van der Waals surface area contributed by atoms with Crippen molar-refractivity contribution in [2.75, 3.05) is 6.26 Å². The van der Waals surface area contributed by atoms with Crippen LogP contribution in [-0.4, -0.2) is 25.9 Å². The van der Waals surface area contributed by atoms with Crippen LogP contribution in [0.3, 0.4) is 0 Å². The molecule has 0 aromatic rings. The van der Waals surface area contributed by atoms with Crippen LogP contribution in [0.1, 0.15) is 65.2 Å². The van der Waals surface area contributed by atoms with Crippen molar-refractivity contribution in [3.8, 4) is 0 Å². The number of hydrogen-bond donors (Lipinski definition) is 1. The second-order valence-electron chi connectivity index (χ2n) is 9.57. The molecule has 0 saturated heterocycles. The maximum Gasteiger partial charge on any atom is 0.185 e. The molecule has 0 unspecified atom stereocenters. The summed E-state index contributed by atoms with van der Waals surface area (Å²) in [4.78, 5) is 0. The van der Waals surface area contributed by atoms with Crippen LogP contribution in [0.2, 0.25) is 0 Å². The average Bonchev–Trinajstić information content (AvgIpc) is 3.03. The SMILES string of the molecule is C=C1CC[C@H](O)C/C1=C/C=C1\CCC[C@]2(C)C([C@H](C)C/C=C(\Cl)S(C)(=O)=O)=CC[C@@H]12. The van der Waals surface area contributed by atoms with E-state index in [1.807, 2.05) is 0 Å². The molecule has 0 aromatic carbocycles. The van der Waals surface area contributed by atoms with E-state index in [9.17, 15) is 13.5 Å². The van der Waals surface area contributed by atoms with Crippen LogP contribution < -0.4 is 0 Å². The highest BCUT2D eigenvalue weighted by atomic mass is 35.5. The fourth-order valence-electron chi connectivity index (χ4n) is 5.56. The van der Waals surface area contributed by atoms with Gasteiger partial charge in [0.1, 0.15) is 4.36 Å². The zero-order valence-electron chi connectivity index (χ0n) is 18.5.